The molecule has 2 rings (SSSR count). The molecular weight excluding hydrogens is 286 g/mol. The van der Waals surface area contributed by atoms with Crippen LogP contribution in [0.5, 0.6) is 5.75 Å². The van der Waals surface area contributed by atoms with Crippen molar-refractivity contribution in [2.75, 3.05) is 26.9 Å². The van der Waals surface area contributed by atoms with Gasteiger partial charge in [0.1, 0.15) is 17.9 Å². The molecule has 1 saturated heterocycles. The number of hydrogen-bond donors (Lipinski definition) is 1. The highest BCUT2D eigenvalue weighted by atomic mass is 16.5. The molecule has 1 aromatic carbocycles. The topological polar surface area (TPSA) is 76.1 Å². The summed E-state index contributed by atoms with van der Waals surface area (Å²) in [5.74, 6) is -0.570. The molecule has 1 unspecified atom stereocenters. The van der Waals surface area contributed by atoms with Crippen LogP contribution in [0.15, 0.2) is 24.3 Å². The second kappa shape index (κ2) is 6.79. The second-order valence-corrected chi connectivity index (χ2v) is 5.50. The van der Waals surface area contributed by atoms with Crippen molar-refractivity contribution in [2.45, 2.75) is 25.3 Å². The number of benzene rings is 1. The minimum Gasteiger partial charge on any atom is -0.491 e. The third-order valence-corrected chi connectivity index (χ3v) is 4.00. The fraction of sp³-hybridized carbons (Fsp3) is 0.500. The largest absolute Gasteiger partial charge is 0.491 e. The molecule has 1 N–H and O–H groups in total. The van der Waals surface area contributed by atoms with E-state index >= 15 is 0 Å². The minimum absolute atomic E-state index is 0.258. The fourth-order valence-electron chi connectivity index (χ4n) is 2.60. The predicted octanol–water partition coefficient (Wildman–Crippen LogP) is 1.79. The molecule has 1 aromatic rings. The molecule has 0 bridgehead atoms. The van der Waals surface area contributed by atoms with Gasteiger partial charge >= 0.3 is 5.97 Å². The molecule has 0 aliphatic carbocycles. The lowest BCUT2D eigenvalue weighted by atomic mass is 9.98. The number of aliphatic carboxylic acids is 1. The second-order valence-electron chi connectivity index (χ2n) is 5.50. The van der Waals surface area contributed by atoms with E-state index in [1.54, 1.807) is 38.3 Å². The molecule has 22 heavy (non-hydrogen) atoms. The van der Waals surface area contributed by atoms with E-state index in [1.165, 1.54) is 4.90 Å². The van der Waals surface area contributed by atoms with Crippen LogP contribution in [0.25, 0.3) is 0 Å². The number of carboxylic acids is 1. The SMILES string of the molecule is COCCOc1ccc(C(=O)N2CCCC2(C)C(=O)O)cc1. The van der Waals surface area contributed by atoms with Crippen molar-refractivity contribution < 1.29 is 24.2 Å². The molecule has 6 nitrogen and oxygen atoms in total. The number of carboxylic acid groups (broad SMARTS) is 1. The summed E-state index contributed by atoms with van der Waals surface area (Å²) in [6.45, 7) is 2.99. The fourth-order valence-corrected chi connectivity index (χ4v) is 2.60. The van der Waals surface area contributed by atoms with Crippen LogP contribution in [0.2, 0.25) is 0 Å². The Labute approximate surface area is 129 Å². The van der Waals surface area contributed by atoms with Crippen molar-refractivity contribution in [2.24, 2.45) is 0 Å². The summed E-state index contributed by atoms with van der Waals surface area (Å²) in [4.78, 5) is 25.4. The Morgan fingerprint density at radius 3 is 2.55 bits per heavy atom. The smallest absolute Gasteiger partial charge is 0.329 e. The molecule has 1 atom stereocenters. The van der Waals surface area contributed by atoms with Crippen molar-refractivity contribution in [1.29, 1.82) is 0 Å². The van der Waals surface area contributed by atoms with E-state index in [4.69, 9.17) is 9.47 Å². The molecule has 1 amide bonds. The van der Waals surface area contributed by atoms with E-state index in [0.717, 1.165) is 0 Å². The third kappa shape index (κ3) is 3.22. The molecule has 0 aromatic heterocycles. The van der Waals surface area contributed by atoms with Gasteiger partial charge in [0.25, 0.3) is 5.91 Å². The molecule has 1 heterocycles. The van der Waals surface area contributed by atoms with Crippen LogP contribution >= 0.6 is 0 Å². The van der Waals surface area contributed by atoms with E-state index in [2.05, 4.69) is 0 Å². The van der Waals surface area contributed by atoms with Gasteiger partial charge < -0.3 is 19.5 Å². The summed E-state index contributed by atoms with van der Waals surface area (Å²) in [6, 6.07) is 6.73. The summed E-state index contributed by atoms with van der Waals surface area (Å²) < 4.78 is 10.3. The van der Waals surface area contributed by atoms with Gasteiger partial charge in [-0.05, 0) is 44.0 Å². The van der Waals surface area contributed by atoms with Crippen LogP contribution in [-0.4, -0.2) is 54.3 Å². The average molecular weight is 307 g/mol. The summed E-state index contributed by atoms with van der Waals surface area (Å²) in [6.07, 6.45) is 1.18. The lowest BCUT2D eigenvalue weighted by molar-refractivity contribution is -0.147. The Morgan fingerprint density at radius 2 is 1.95 bits per heavy atom. The molecule has 0 radical (unpaired) electrons. The Kier molecular flexibility index (Phi) is 5.03. The van der Waals surface area contributed by atoms with Gasteiger partial charge in [0, 0.05) is 19.2 Å². The van der Waals surface area contributed by atoms with Gasteiger partial charge in [0.15, 0.2) is 0 Å². The number of methoxy groups -OCH3 is 1. The molecule has 1 fully saturated rings. The molecule has 0 spiro atoms. The Balaban J connectivity index is 2.08. The molecule has 0 saturated carbocycles. The van der Waals surface area contributed by atoms with Crippen LogP contribution in [0.1, 0.15) is 30.1 Å². The van der Waals surface area contributed by atoms with Gasteiger partial charge in [-0.3, -0.25) is 4.79 Å². The zero-order chi connectivity index (χ0) is 16.2. The van der Waals surface area contributed by atoms with Gasteiger partial charge in [-0.25, -0.2) is 4.79 Å². The Hall–Kier alpha value is -2.08. The zero-order valence-corrected chi connectivity index (χ0v) is 12.9. The Bertz CT molecular complexity index is 542. The first-order chi connectivity index (χ1) is 10.5. The van der Waals surface area contributed by atoms with Crippen LogP contribution in [-0.2, 0) is 9.53 Å². The van der Waals surface area contributed by atoms with E-state index < -0.39 is 11.5 Å². The minimum atomic E-state index is -1.12. The lowest BCUT2D eigenvalue weighted by Crippen LogP contribution is -2.50. The van der Waals surface area contributed by atoms with Crippen molar-refractivity contribution >= 4 is 11.9 Å². The standard InChI is InChI=1S/C16H21NO5/c1-16(15(19)20)8-3-9-17(16)14(18)12-4-6-13(7-5-12)22-11-10-21-2/h4-7H,3,8-11H2,1-2H3,(H,19,20). The first kappa shape index (κ1) is 16.3. The lowest BCUT2D eigenvalue weighted by Gasteiger charge is -2.31. The van der Waals surface area contributed by atoms with E-state index in [0.29, 0.717) is 43.9 Å². The maximum absolute atomic E-state index is 12.5. The number of ether oxygens (including phenoxy) is 2. The maximum Gasteiger partial charge on any atom is 0.329 e. The number of carbonyl (C=O) groups is 2. The Morgan fingerprint density at radius 1 is 1.27 bits per heavy atom. The van der Waals surface area contributed by atoms with Crippen LogP contribution in [0.3, 0.4) is 0 Å². The van der Waals surface area contributed by atoms with Gasteiger partial charge in [-0.2, -0.15) is 0 Å². The van der Waals surface area contributed by atoms with Gasteiger partial charge in [-0.15, -0.1) is 0 Å². The van der Waals surface area contributed by atoms with Crippen molar-refractivity contribution in [3.8, 4) is 5.75 Å². The van der Waals surface area contributed by atoms with Crippen molar-refractivity contribution in [3.63, 3.8) is 0 Å². The molecule has 1 aliphatic heterocycles. The molecule has 120 valence electrons. The normalized spacial score (nSPS) is 20.9. The summed E-state index contributed by atoms with van der Waals surface area (Å²) in [7, 11) is 1.60. The number of likely N-dealkylation sites (tertiary alicyclic amines) is 1. The number of nitrogens with zero attached hydrogens (tertiary/aromatic N) is 1. The zero-order valence-electron chi connectivity index (χ0n) is 12.9. The number of rotatable bonds is 6. The highest BCUT2D eigenvalue weighted by molar-refractivity contribution is 5.98. The van der Waals surface area contributed by atoms with E-state index in [-0.39, 0.29) is 5.91 Å². The number of amides is 1. The summed E-state index contributed by atoms with van der Waals surface area (Å²) >= 11 is 0. The summed E-state index contributed by atoms with van der Waals surface area (Å²) in [5, 5.41) is 9.38. The summed E-state index contributed by atoms with van der Waals surface area (Å²) in [5.41, 5.74) is -0.654. The van der Waals surface area contributed by atoms with Crippen LogP contribution in [0, 0.1) is 0 Å². The monoisotopic (exact) mass is 307 g/mol. The highest BCUT2D eigenvalue weighted by Gasteiger charge is 2.46. The van der Waals surface area contributed by atoms with Crippen LogP contribution < -0.4 is 4.74 Å². The van der Waals surface area contributed by atoms with Gasteiger partial charge in [-0.1, -0.05) is 0 Å². The van der Waals surface area contributed by atoms with Crippen molar-refractivity contribution in [3.05, 3.63) is 29.8 Å². The molecule has 1 aliphatic rings. The third-order valence-electron chi connectivity index (χ3n) is 4.00. The van der Waals surface area contributed by atoms with E-state index in [1.807, 2.05) is 0 Å². The predicted molar refractivity (Wildman–Crippen MR) is 80.1 cm³/mol. The van der Waals surface area contributed by atoms with Crippen LogP contribution in [0.4, 0.5) is 0 Å². The first-order valence-corrected chi connectivity index (χ1v) is 7.26. The number of hydrogen-bond acceptors (Lipinski definition) is 4. The quantitative estimate of drug-likeness (QED) is 0.811. The van der Waals surface area contributed by atoms with E-state index in [9.17, 15) is 14.7 Å². The number of carbonyl (C=O) groups excluding carboxylic acids is 1. The maximum atomic E-state index is 12.5. The molecule has 6 heteroatoms. The van der Waals surface area contributed by atoms with Gasteiger partial charge in [0.2, 0.25) is 0 Å². The van der Waals surface area contributed by atoms with Crippen molar-refractivity contribution in [1.82, 2.24) is 4.90 Å². The first-order valence-electron chi connectivity index (χ1n) is 7.26. The highest BCUT2D eigenvalue weighted by Crippen LogP contribution is 2.31. The average Bonchev–Trinajstić information content (AvgIpc) is 2.91. The molecular formula is C16H21NO5. The van der Waals surface area contributed by atoms with Gasteiger partial charge in [0.05, 0.1) is 6.61 Å².